The van der Waals surface area contributed by atoms with E-state index in [-0.39, 0.29) is 11.4 Å². The van der Waals surface area contributed by atoms with Gasteiger partial charge in [-0.2, -0.15) is 0 Å². The molecule has 1 N–H and O–H groups in total. The maximum absolute atomic E-state index is 12.6. The lowest BCUT2D eigenvalue weighted by Crippen LogP contribution is -2.36. The molecule has 1 aromatic heterocycles. The van der Waals surface area contributed by atoms with Crippen molar-refractivity contribution in [2.45, 2.75) is 44.2 Å². The smallest absolute Gasteiger partial charge is 0.268 e. The first-order valence-electron chi connectivity index (χ1n) is 7.74. The number of carbonyl (C=O) groups is 1. The summed E-state index contributed by atoms with van der Waals surface area (Å²) in [4.78, 5) is 12.6. The Balaban J connectivity index is 1.58. The largest absolute Gasteiger partial charge is 0.341 e. The van der Waals surface area contributed by atoms with Crippen LogP contribution in [0.2, 0.25) is 0 Å². The number of nitrogens with one attached hydrogen (secondary N) is 1. The van der Waals surface area contributed by atoms with Crippen molar-refractivity contribution in [1.29, 1.82) is 0 Å². The summed E-state index contributed by atoms with van der Waals surface area (Å²) in [5.41, 5.74) is 3.15. The highest BCUT2D eigenvalue weighted by atomic mass is 16.2. The van der Waals surface area contributed by atoms with Crippen molar-refractivity contribution in [3.05, 3.63) is 59.4 Å². The lowest BCUT2D eigenvalue weighted by atomic mass is 10.0. The standard InChI is InChI=1S/C18H20N2O/c1-13-4-2-5-14(12-13)18(9-10-18)19-17(21)16-6-3-11-20(16)15-7-8-15/h2-6,11-12,15H,7-10H2,1H3,(H,19,21). The predicted molar refractivity (Wildman–Crippen MR) is 82.3 cm³/mol. The molecule has 1 aromatic carbocycles. The molecule has 0 saturated heterocycles. The minimum absolute atomic E-state index is 0.0610. The van der Waals surface area contributed by atoms with E-state index < -0.39 is 0 Å². The van der Waals surface area contributed by atoms with Crippen molar-refractivity contribution in [2.75, 3.05) is 0 Å². The molecule has 0 unspecified atom stereocenters. The zero-order chi connectivity index (χ0) is 14.4. The van der Waals surface area contributed by atoms with Crippen LogP contribution < -0.4 is 5.32 Å². The zero-order valence-corrected chi connectivity index (χ0v) is 12.3. The van der Waals surface area contributed by atoms with Crippen LogP contribution in [0.25, 0.3) is 0 Å². The van der Waals surface area contributed by atoms with E-state index in [9.17, 15) is 4.79 Å². The SMILES string of the molecule is Cc1cccc(C2(NC(=O)c3cccn3C3CC3)CC2)c1. The summed E-state index contributed by atoms with van der Waals surface area (Å²) in [6, 6.07) is 12.9. The number of nitrogens with zero attached hydrogens (tertiary/aromatic N) is 1. The number of amides is 1. The third-order valence-electron chi connectivity index (χ3n) is 4.63. The van der Waals surface area contributed by atoms with Gasteiger partial charge >= 0.3 is 0 Å². The Bertz CT molecular complexity index is 693. The number of aryl methyl sites for hydroxylation is 1. The quantitative estimate of drug-likeness (QED) is 0.913. The van der Waals surface area contributed by atoms with Gasteiger partial charge in [0.25, 0.3) is 5.91 Å². The van der Waals surface area contributed by atoms with Crippen LogP contribution >= 0.6 is 0 Å². The number of hydrogen-bond acceptors (Lipinski definition) is 1. The third-order valence-corrected chi connectivity index (χ3v) is 4.63. The Labute approximate surface area is 125 Å². The topological polar surface area (TPSA) is 34.0 Å². The molecule has 21 heavy (non-hydrogen) atoms. The van der Waals surface area contributed by atoms with Crippen molar-refractivity contribution in [1.82, 2.24) is 9.88 Å². The van der Waals surface area contributed by atoms with Crippen molar-refractivity contribution in [2.24, 2.45) is 0 Å². The highest BCUT2D eigenvalue weighted by molar-refractivity contribution is 5.93. The average Bonchev–Trinajstić information content (AvgIpc) is 3.40. The normalized spacial score (nSPS) is 19.3. The molecule has 0 aliphatic heterocycles. The van der Waals surface area contributed by atoms with Gasteiger partial charge in [0.2, 0.25) is 0 Å². The van der Waals surface area contributed by atoms with Crippen LogP contribution in [0.3, 0.4) is 0 Å². The van der Waals surface area contributed by atoms with Gasteiger partial charge < -0.3 is 9.88 Å². The van der Waals surface area contributed by atoms with Gasteiger partial charge in [-0.25, -0.2) is 0 Å². The third kappa shape index (κ3) is 2.27. The number of aromatic nitrogens is 1. The predicted octanol–water partition coefficient (Wildman–Crippen LogP) is 3.55. The van der Waals surface area contributed by atoms with E-state index in [1.807, 2.05) is 18.3 Å². The van der Waals surface area contributed by atoms with Gasteiger partial charge in [0.1, 0.15) is 5.69 Å². The fourth-order valence-electron chi connectivity index (χ4n) is 3.09. The summed E-state index contributed by atoms with van der Waals surface area (Å²) >= 11 is 0. The second kappa shape index (κ2) is 4.48. The molecule has 1 amide bonds. The first-order chi connectivity index (χ1) is 10.2. The average molecular weight is 280 g/mol. The molecule has 2 aliphatic carbocycles. The zero-order valence-electron chi connectivity index (χ0n) is 12.3. The lowest BCUT2D eigenvalue weighted by Gasteiger charge is -2.19. The Hall–Kier alpha value is -2.03. The lowest BCUT2D eigenvalue weighted by molar-refractivity contribution is 0.0921. The maximum atomic E-state index is 12.6. The van der Waals surface area contributed by atoms with Crippen molar-refractivity contribution in [3.63, 3.8) is 0 Å². The molecular weight excluding hydrogens is 260 g/mol. The second-order valence-electron chi connectivity index (χ2n) is 6.44. The van der Waals surface area contributed by atoms with Gasteiger partial charge in [0, 0.05) is 12.2 Å². The summed E-state index contributed by atoms with van der Waals surface area (Å²) in [7, 11) is 0. The first kappa shape index (κ1) is 12.7. The van der Waals surface area contributed by atoms with Crippen LogP contribution in [0, 0.1) is 6.92 Å². The highest BCUT2D eigenvalue weighted by Gasteiger charge is 2.46. The van der Waals surface area contributed by atoms with Gasteiger partial charge in [0.05, 0.1) is 5.54 Å². The van der Waals surface area contributed by atoms with E-state index in [2.05, 4.69) is 41.1 Å². The van der Waals surface area contributed by atoms with Crippen LogP contribution in [0.5, 0.6) is 0 Å². The number of carbonyl (C=O) groups excluding carboxylic acids is 1. The van der Waals surface area contributed by atoms with E-state index in [0.717, 1.165) is 18.5 Å². The molecule has 2 aromatic rings. The fourth-order valence-corrected chi connectivity index (χ4v) is 3.09. The Morgan fingerprint density at radius 1 is 1.24 bits per heavy atom. The summed E-state index contributed by atoms with van der Waals surface area (Å²) in [6.45, 7) is 2.10. The number of rotatable bonds is 4. The Morgan fingerprint density at radius 3 is 2.71 bits per heavy atom. The van der Waals surface area contributed by atoms with E-state index in [0.29, 0.717) is 6.04 Å². The van der Waals surface area contributed by atoms with Crippen LogP contribution in [-0.4, -0.2) is 10.5 Å². The maximum Gasteiger partial charge on any atom is 0.268 e. The van der Waals surface area contributed by atoms with Gasteiger partial charge in [-0.05, 0) is 50.3 Å². The number of hydrogen-bond donors (Lipinski definition) is 1. The molecule has 1 heterocycles. The molecule has 0 bridgehead atoms. The van der Waals surface area contributed by atoms with E-state index >= 15 is 0 Å². The molecule has 3 heteroatoms. The molecule has 4 rings (SSSR count). The minimum atomic E-state index is -0.137. The molecule has 0 radical (unpaired) electrons. The minimum Gasteiger partial charge on any atom is -0.341 e. The molecule has 0 atom stereocenters. The summed E-state index contributed by atoms with van der Waals surface area (Å²) in [5.74, 6) is 0.0610. The molecule has 2 saturated carbocycles. The van der Waals surface area contributed by atoms with Crippen LogP contribution in [0.4, 0.5) is 0 Å². The molecule has 3 nitrogen and oxygen atoms in total. The van der Waals surface area contributed by atoms with Gasteiger partial charge in [0.15, 0.2) is 0 Å². The van der Waals surface area contributed by atoms with E-state index in [1.165, 1.54) is 24.0 Å². The molecule has 108 valence electrons. The summed E-state index contributed by atoms with van der Waals surface area (Å²) in [5, 5.41) is 3.28. The summed E-state index contributed by atoms with van der Waals surface area (Å²) in [6.07, 6.45) is 6.48. The molecule has 0 spiro atoms. The van der Waals surface area contributed by atoms with Crippen LogP contribution in [-0.2, 0) is 5.54 Å². The second-order valence-corrected chi connectivity index (χ2v) is 6.44. The molecule has 2 aliphatic rings. The number of benzene rings is 1. The van der Waals surface area contributed by atoms with Crippen LogP contribution in [0.15, 0.2) is 42.6 Å². The van der Waals surface area contributed by atoms with Crippen LogP contribution in [0.1, 0.15) is 53.3 Å². The Morgan fingerprint density at radius 2 is 2.05 bits per heavy atom. The highest BCUT2D eigenvalue weighted by Crippen LogP contribution is 2.46. The van der Waals surface area contributed by atoms with Gasteiger partial charge in [-0.3, -0.25) is 4.79 Å². The summed E-state index contributed by atoms with van der Waals surface area (Å²) < 4.78 is 2.13. The van der Waals surface area contributed by atoms with Crippen molar-refractivity contribution < 1.29 is 4.79 Å². The molecular formula is C18H20N2O. The van der Waals surface area contributed by atoms with Gasteiger partial charge in [-0.1, -0.05) is 29.8 Å². The Kier molecular flexibility index (Phi) is 2.71. The van der Waals surface area contributed by atoms with E-state index in [1.54, 1.807) is 0 Å². The fraction of sp³-hybridized carbons (Fsp3) is 0.389. The van der Waals surface area contributed by atoms with Crippen molar-refractivity contribution >= 4 is 5.91 Å². The first-order valence-corrected chi connectivity index (χ1v) is 7.74. The van der Waals surface area contributed by atoms with Gasteiger partial charge in [-0.15, -0.1) is 0 Å². The monoisotopic (exact) mass is 280 g/mol. The van der Waals surface area contributed by atoms with E-state index in [4.69, 9.17) is 0 Å². The van der Waals surface area contributed by atoms with Crippen molar-refractivity contribution in [3.8, 4) is 0 Å². The molecule has 2 fully saturated rings.